The average Bonchev–Trinajstić information content (AvgIpc) is 2.75. The molecule has 26 heavy (non-hydrogen) atoms. The number of nitrogens with one attached hydrogen (secondary N) is 1. The highest BCUT2D eigenvalue weighted by Crippen LogP contribution is 2.21. The van der Waals surface area contributed by atoms with Gasteiger partial charge in [-0.3, -0.25) is 14.5 Å². The maximum Gasteiger partial charge on any atom is 0.219 e. The van der Waals surface area contributed by atoms with Crippen molar-refractivity contribution in [2.45, 2.75) is 52.9 Å². The lowest BCUT2D eigenvalue weighted by molar-refractivity contribution is 0.0767. The molecule has 3 N–H and O–H groups in total. The number of hydrogen-bond donors (Lipinski definition) is 2. The molecule has 1 aromatic rings. The lowest BCUT2D eigenvalue weighted by Crippen LogP contribution is -2.34. The predicted octanol–water partition coefficient (Wildman–Crippen LogP) is 2.44. The van der Waals surface area contributed by atoms with Gasteiger partial charge in [0.25, 0.3) is 0 Å². The number of likely N-dealkylation sites (tertiary alicyclic amines) is 1. The summed E-state index contributed by atoms with van der Waals surface area (Å²) in [5, 5.41) is 3.89. The molecular formula is C19H30N4O3. The number of ketones is 2. The second-order valence-electron chi connectivity index (χ2n) is 6.86. The van der Waals surface area contributed by atoms with E-state index in [4.69, 9.17) is 10.6 Å². The van der Waals surface area contributed by atoms with Crippen molar-refractivity contribution in [1.29, 1.82) is 0 Å². The number of aromatic nitrogens is 1. The summed E-state index contributed by atoms with van der Waals surface area (Å²) in [6.07, 6.45) is 5.47. The van der Waals surface area contributed by atoms with E-state index in [1.165, 1.54) is 32.6 Å². The molecule has 2 heterocycles. The third-order valence-corrected chi connectivity index (χ3v) is 4.74. The Balaban J connectivity index is 1.94. The molecule has 0 atom stereocenters. The van der Waals surface area contributed by atoms with Crippen molar-refractivity contribution in [2.75, 3.05) is 26.2 Å². The van der Waals surface area contributed by atoms with Crippen LogP contribution in [0.4, 0.5) is 0 Å². The van der Waals surface area contributed by atoms with Gasteiger partial charge in [-0.05, 0) is 51.8 Å². The zero-order valence-corrected chi connectivity index (χ0v) is 16.1. The summed E-state index contributed by atoms with van der Waals surface area (Å²) < 4.78 is 0. The smallest absolute Gasteiger partial charge is 0.219 e. The number of amidine groups is 1. The van der Waals surface area contributed by atoms with Crippen LogP contribution in [-0.2, 0) is 11.3 Å². The minimum atomic E-state index is -0.233. The van der Waals surface area contributed by atoms with E-state index in [9.17, 15) is 9.59 Å². The number of hydrogen-bond acceptors (Lipinski definition) is 5. The Labute approximate surface area is 154 Å². The van der Waals surface area contributed by atoms with Gasteiger partial charge in [-0.15, -0.1) is 0 Å². The van der Waals surface area contributed by atoms with E-state index in [1.54, 1.807) is 6.92 Å². The molecule has 0 bridgehead atoms. The number of carbonyl (C=O) groups excluding carboxylic acids is 2. The Bertz CT molecular complexity index is 671. The summed E-state index contributed by atoms with van der Waals surface area (Å²) in [6.45, 7) is 7.62. The molecule has 0 amide bonds. The van der Waals surface area contributed by atoms with Gasteiger partial charge < -0.3 is 15.6 Å². The van der Waals surface area contributed by atoms with Crippen LogP contribution in [0.25, 0.3) is 0 Å². The summed E-state index contributed by atoms with van der Waals surface area (Å²) in [7, 11) is 0. The lowest BCUT2D eigenvalue weighted by atomic mass is 10.0. The molecule has 0 unspecified atom stereocenters. The molecule has 1 aliphatic rings. The van der Waals surface area contributed by atoms with Crippen LogP contribution in [0.15, 0.2) is 5.16 Å². The standard InChI is InChI=1S/C19H30N4O3/c1-4-15-18(14(3)24)13(2)21-19(15)16(25)12-26-22-17(20)11-23-9-7-5-6-8-10-23/h21H,4-12H2,1-3H3,(H2,20,22). The van der Waals surface area contributed by atoms with Crippen LogP contribution in [0.1, 0.15) is 71.6 Å². The van der Waals surface area contributed by atoms with Crippen molar-refractivity contribution in [2.24, 2.45) is 10.9 Å². The van der Waals surface area contributed by atoms with E-state index in [-0.39, 0.29) is 18.2 Å². The minimum absolute atomic E-state index is 0.0460. The van der Waals surface area contributed by atoms with Crippen LogP contribution in [0.5, 0.6) is 0 Å². The van der Waals surface area contributed by atoms with Crippen molar-refractivity contribution in [3.8, 4) is 0 Å². The topological polar surface area (TPSA) is 101 Å². The van der Waals surface area contributed by atoms with Crippen molar-refractivity contribution >= 4 is 17.4 Å². The highest BCUT2D eigenvalue weighted by Gasteiger charge is 2.21. The van der Waals surface area contributed by atoms with E-state index in [0.717, 1.165) is 18.7 Å². The Morgan fingerprint density at radius 1 is 1.23 bits per heavy atom. The molecule has 7 nitrogen and oxygen atoms in total. The lowest BCUT2D eigenvalue weighted by Gasteiger charge is -2.18. The van der Waals surface area contributed by atoms with Crippen LogP contribution in [0.3, 0.4) is 0 Å². The van der Waals surface area contributed by atoms with Crippen molar-refractivity contribution in [1.82, 2.24) is 9.88 Å². The first-order valence-electron chi connectivity index (χ1n) is 9.36. The molecule has 7 heteroatoms. The number of carbonyl (C=O) groups is 2. The van der Waals surface area contributed by atoms with E-state index in [0.29, 0.717) is 35.8 Å². The fraction of sp³-hybridized carbons (Fsp3) is 0.632. The maximum atomic E-state index is 12.4. The monoisotopic (exact) mass is 362 g/mol. The van der Waals surface area contributed by atoms with Crippen LogP contribution in [-0.4, -0.2) is 53.5 Å². The average molecular weight is 362 g/mol. The molecule has 0 spiro atoms. The number of nitrogens with zero attached hydrogens (tertiary/aromatic N) is 2. The quantitative estimate of drug-likeness (QED) is 0.320. The summed E-state index contributed by atoms with van der Waals surface area (Å²) in [5.41, 5.74) is 8.40. The van der Waals surface area contributed by atoms with Gasteiger partial charge in [0, 0.05) is 11.3 Å². The fourth-order valence-electron chi connectivity index (χ4n) is 3.54. The van der Waals surface area contributed by atoms with Gasteiger partial charge in [0.2, 0.25) is 5.78 Å². The van der Waals surface area contributed by atoms with Gasteiger partial charge in [-0.1, -0.05) is 24.9 Å². The van der Waals surface area contributed by atoms with E-state index < -0.39 is 0 Å². The number of rotatable bonds is 8. The predicted molar refractivity (Wildman–Crippen MR) is 102 cm³/mol. The second-order valence-corrected chi connectivity index (χ2v) is 6.86. The second kappa shape index (κ2) is 9.52. The number of Topliss-reactive ketones (excluding diaryl/α,β-unsaturated/α-hetero) is 2. The van der Waals surface area contributed by atoms with Crippen molar-refractivity contribution in [3.05, 3.63) is 22.5 Å². The number of nitrogens with two attached hydrogens (primary N) is 1. The van der Waals surface area contributed by atoms with Gasteiger partial charge in [-0.2, -0.15) is 0 Å². The van der Waals surface area contributed by atoms with Crippen molar-refractivity contribution < 1.29 is 14.4 Å². The first kappa shape index (κ1) is 20.2. The normalized spacial score (nSPS) is 16.3. The molecule has 0 radical (unpaired) electrons. The van der Waals surface area contributed by atoms with Gasteiger partial charge in [0.15, 0.2) is 18.2 Å². The molecule has 1 aromatic heterocycles. The van der Waals surface area contributed by atoms with Gasteiger partial charge in [-0.25, -0.2) is 0 Å². The molecular weight excluding hydrogens is 332 g/mol. The van der Waals surface area contributed by atoms with Crippen LogP contribution < -0.4 is 5.73 Å². The third kappa shape index (κ3) is 5.17. The first-order valence-corrected chi connectivity index (χ1v) is 9.36. The van der Waals surface area contributed by atoms with Crippen LogP contribution in [0, 0.1) is 6.92 Å². The van der Waals surface area contributed by atoms with Gasteiger partial charge >= 0.3 is 0 Å². The van der Waals surface area contributed by atoms with E-state index in [2.05, 4.69) is 15.0 Å². The summed E-state index contributed by atoms with van der Waals surface area (Å²) in [6, 6.07) is 0. The third-order valence-electron chi connectivity index (χ3n) is 4.74. The molecule has 2 rings (SSSR count). The fourth-order valence-corrected chi connectivity index (χ4v) is 3.54. The van der Waals surface area contributed by atoms with Crippen LogP contribution in [0.2, 0.25) is 0 Å². The zero-order valence-electron chi connectivity index (χ0n) is 16.1. The molecule has 1 fully saturated rings. The summed E-state index contributed by atoms with van der Waals surface area (Å²) in [5.74, 6) is 0.0987. The molecule has 0 aromatic carbocycles. The summed E-state index contributed by atoms with van der Waals surface area (Å²) in [4.78, 5) is 34.7. The number of aromatic amines is 1. The number of H-pyrrole nitrogens is 1. The SMILES string of the molecule is CCc1c(C(=O)CON=C(N)CN2CCCCCC2)[nH]c(C)c1C(C)=O. The number of aryl methyl sites for hydroxylation is 1. The minimum Gasteiger partial charge on any atom is -0.386 e. The zero-order chi connectivity index (χ0) is 19.1. The Morgan fingerprint density at radius 3 is 2.46 bits per heavy atom. The van der Waals surface area contributed by atoms with Crippen LogP contribution >= 0.6 is 0 Å². The number of oxime groups is 1. The maximum absolute atomic E-state index is 12.4. The highest BCUT2D eigenvalue weighted by atomic mass is 16.6. The van der Waals surface area contributed by atoms with Crippen molar-refractivity contribution in [3.63, 3.8) is 0 Å². The Hall–Kier alpha value is -2.15. The molecule has 0 saturated carbocycles. The molecule has 144 valence electrons. The Morgan fingerprint density at radius 2 is 1.88 bits per heavy atom. The first-order chi connectivity index (χ1) is 12.4. The van der Waals surface area contributed by atoms with E-state index in [1.807, 2.05) is 6.92 Å². The summed E-state index contributed by atoms with van der Waals surface area (Å²) >= 11 is 0. The highest BCUT2D eigenvalue weighted by molar-refractivity contribution is 6.03. The molecule has 1 saturated heterocycles. The molecule has 0 aliphatic carbocycles. The molecule has 1 aliphatic heterocycles. The largest absolute Gasteiger partial charge is 0.386 e. The van der Waals surface area contributed by atoms with Gasteiger partial charge in [0.1, 0.15) is 0 Å². The van der Waals surface area contributed by atoms with Gasteiger partial charge in [0.05, 0.1) is 12.2 Å². The Kier molecular flexibility index (Phi) is 7.38. The van der Waals surface area contributed by atoms with E-state index >= 15 is 0 Å².